The van der Waals surface area contributed by atoms with Crippen molar-refractivity contribution in [3.05, 3.63) is 0 Å². The van der Waals surface area contributed by atoms with Crippen molar-refractivity contribution in [3.8, 4) is 0 Å². The number of carbonyl (C=O) groups is 2. The van der Waals surface area contributed by atoms with Gasteiger partial charge < -0.3 is 24.8 Å². The minimum absolute atomic E-state index is 0.262. The lowest BCUT2D eigenvalue weighted by molar-refractivity contribution is 0.105. The zero-order chi connectivity index (χ0) is 12.1. The number of rotatable bonds is 5. The van der Waals surface area contributed by atoms with Crippen LogP contribution >= 0.6 is 0 Å². The summed E-state index contributed by atoms with van der Waals surface area (Å²) in [6.07, 6.45) is -2.24. The minimum atomic E-state index is -1.04. The molecule has 16 heavy (non-hydrogen) atoms. The molecule has 0 aromatic carbocycles. The quantitative estimate of drug-likeness (QED) is 0.654. The first kappa shape index (κ1) is 12.6. The van der Waals surface area contributed by atoms with E-state index in [2.05, 4.69) is 5.32 Å². The molecule has 1 fully saturated rings. The molecule has 1 aliphatic heterocycles. The first-order valence-corrected chi connectivity index (χ1v) is 5.01. The molecule has 0 aromatic rings. The predicted molar refractivity (Wildman–Crippen MR) is 54.3 cm³/mol. The molecule has 0 aliphatic carbocycles. The number of carbonyl (C=O) groups excluding carboxylic acids is 1. The van der Waals surface area contributed by atoms with E-state index in [0.717, 1.165) is 0 Å². The monoisotopic (exact) mass is 232 g/mol. The van der Waals surface area contributed by atoms with Crippen LogP contribution < -0.4 is 5.32 Å². The van der Waals surface area contributed by atoms with Crippen LogP contribution in [-0.4, -0.2) is 61.1 Å². The van der Waals surface area contributed by atoms with Gasteiger partial charge in [0.15, 0.2) is 6.10 Å². The van der Waals surface area contributed by atoms with Crippen molar-refractivity contribution in [2.24, 2.45) is 0 Å². The van der Waals surface area contributed by atoms with Gasteiger partial charge in [-0.3, -0.25) is 0 Å². The van der Waals surface area contributed by atoms with E-state index in [-0.39, 0.29) is 12.2 Å². The van der Waals surface area contributed by atoms with E-state index < -0.39 is 12.2 Å². The van der Waals surface area contributed by atoms with Gasteiger partial charge in [0.05, 0.1) is 0 Å². The Morgan fingerprint density at radius 2 is 2.25 bits per heavy atom. The third-order valence-corrected chi connectivity index (χ3v) is 2.31. The first-order valence-electron chi connectivity index (χ1n) is 5.01. The van der Waals surface area contributed by atoms with Crippen LogP contribution in [0.5, 0.6) is 0 Å². The van der Waals surface area contributed by atoms with Gasteiger partial charge in [0.2, 0.25) is 0 Å². The number of likely N-dealkylation sites (N-methyl/N-ethyl adjacent to an activating group) is 1. The smallest absolute Gasteiger partial charge is 0.465 e. The Labute approximate surface area is 93.3 Å². The molecule has 1 aliphatic rings. The summed E-state index contributed by atoms with van der Waals surface area (Å²) in [6.45, 7) is 3.17. The molecule has 2 unspecified atom stereocenters. The summed E-state index contributed by atoms with van der Waals surface area (Å²) >= 11 is 0. The van der Waals surface area contributed by atoms with Crippen LogP contribution in [0.3, 0.4) is 0 Å². The molecule has 0 bridgehead atoms. The van der Waals surface area contributed by atoms with Crippen LogP contribution in [0.2, 0.25) is 0 Å². The Morgan fingerprint density at radius 1 is 1.56 bits per heavy atom. The Morgan fingerprint density at radius 3 is 2.75 bits per heavy atom. The normalized spacial score (nSPS) is 24.1. The Balaban J connectivity index is 2.21. The maximum absolute atomic E-state index is 10.8. The van der Waals surface area contributed by atoms with Crippen molar-refractivity contribution in [3.63, 3.8) is 0 Å². The second kappa shape index (κ2) is 5.55. The van der Waals surface area contributed by atoms with Gasteiger partial charge in [0.1, 0.15) is 6.10 Å². The first-order chi connectivity index (χ1) is 7.49. The molecule has 0 radical (unpaired) electrons. The van der Waals surface area contributed by atoms with Gasteiger partial charge in [-0.15, -0.1) is 0 Å². The zero-order valence-electron chi connectivity index (χ0n) is 9.30. The molecule has 1 saturated heterocycles. The summed E-state index contributed by atoms with van der Waals surface area (Å²) in [6, 6.07) is 0. The molecule has 1 amide bonds. The summed E-state index contributed by atoms with van der Waals surface area (Å²) in [5.41, 5.74) is 0. The summed E-state index contributed by atoms with van der Waals surface area (Å²) in [5.74, 6) is 0. The van der Waals surface area contributed by atoms with Gasteiger partial charge in [0.25, 0.3) is 0 Å². The lowest BCUT2D eigenvalue weighted by Gasteiger charge is -2.20. The predicted octanol–water partition coefficient (Wildman–Crippen LogP) is 0.110. The molecule has 92 valence electrons. The summed E-state index contributed by atoms with van der Waals surface area (Å²) in [5, 5.41) is 10.6. The third kappa shape index (κ3) is 3.93. The average Bonchev–Trinajstić information content (AvgIpc) is 2.44. The highest BCUT2D eigenvalue weighted by Gasteiger charge is 2.33. The van der Waals surface area contributed by atoms with Crippen LogP contribution in [0.25, 0.3) is 0 Å². The molecule has 1 rings (SSSR count). The Bertz CT molecular complexity index is 271. The van der Waals surface area contributed by atoms with Gasteiger partial charge >= 0.3 is 12.2 Å². The van der Waals surface area contributed by atoms with Crippen LogP contribution in [0.15, 0.2) is 0 Å². The van der Waals surface area contributed by atoms with Gasteiger partial charge in [0, 0.05) is 19.6 Å². The van der Waals surface area contributed by atoms with Gasteiger partial charge in [-0.05, 0) is 14.0 Å². The summed E-state index contributed by atoms with van der Waals surface area (Å²) in [7, 11) is 1.82. The number of nitrogens with zero attached hydrogens (tertiary/aromatic N) is 1. The number of hydrogen-bond acceptors (Lipinski definition) is 5. The van der Waals surface area contributed by atoms with Crippen molar-refractivity contribution in [1.82, 2.24) is 10.2 Å². The molecule has 2 N–H and O–H groups in total. The largest absolute Gasteiger partial charge is 0.509 e. The van der Waals surface area contributed by atoms with E-state index in [0.29, 0.717) is 19.6 Å². The molecule has 0 saturated carbocycles. The topological polar surface area (TPSA) is 88.1 Å². The molecule has 7 heteroatoms. The number of cyclic esters (lactones) is 2. The van der Waals surface area contributed by atoms with E-state index in [1.807, 2.05) is 11.9 Å². The molecule has 2 atom stereocenters. The fourth-order valence-corrected chi connectivity index (χ4v) is 1.41. The Kier molecular flexibility index (Phi) is 4.36. The van der Waals surface area contributed by atoms with Crippen molar-refractivity contribution in [2.75, 3.05) is 26.7 Å². The van der Waals surface area contributed by atoms with Gasteiger partial charge in [-0.2, -0.15) is 0 Å². The maximum Gasteiger partial charge on any atom is 0.509 e. The zero-order valence-corrected chi connectivity index (χ0v) is 9.30. The van der Waals surface area contributed by atoms with E-state index in [1.54, 1.807) is 6.92 Å². The van der Waals surface area contributed by atoms with Crippen molar-refractivity contribution in [2.45, 2.75) is 19.1 Å². The molecule has 7 nitrogen and oxygen atoms in total. The SMILES string of the molecule is CC1OC(=O)OC1CN(C)CCNC(=O)O. The molecular formula is C9H16N2O5. The lowest BCUT2D eigenvalue weighted by Crippen LogP contribution is -2.38. The third-order valence-electron chi connectivity index (χ3n) is 2.31. The highest BCUT2D eigenvalue weighted by Crippen LogP contribution is 2.15. The highest BCUT2D eigenvalue weighted by atomic mass is 16.8. The highest BCUT2D eigenvalue weighted by molar-refractivity contribution is 5.64. The number of amides is 1. The summed E-state index contributed by atoms with van der Waals surface area (Å²) in [4.78, 5) is 22.9. The fraction of sp³-hybridized carbons (Fsp3) is 0.778. The molecule has 1 heterocycles. The van der Waals surface area contributed by atoms with Crippen LogP contribution in [0.1, 0.15) is 6.92 Å². The van der Waals surface area contributed by atoms with E-state index in [9.17, 15) is 9.59 Å². The lowest BCUT2D eigenvalue weighted by atomic mass is 10.2. The Hall–Kier alpha value is -1.50. The van der Waals surface area contributed by atoms with Crippen molar-refractivity contribution >= 4 is 12.2 Å². The number of nitrogens with one attached hydrogen (secondary N) is 1. The molecular weight excluding hydrogens is 216 g/mol. The number of ether oxygens (including phenoxy) is 2. The minimum Gasteiger partial charge on any atom is -0.465 e. The summed E-state index contributed by atoms with van der Waals surface area (Å²) < 4.78 is 9.75. The standard InChI is InChI=1S/C9H16N2O5/c1-6-7(16-9(14)15-6)5-11(2)4-3-10-8(12)13/h6-7,10H,3-5H2,1-2H3,(H,12,13). The van der Waals surface area contributed by atoms with Crippen LogP contribution in [0, 0.1) is 0 Å². The maximum atomic E-state index is 10.8. The van der Waals surface area contributed by atoms with E-state index >= 15 is 0 Å². The van der Waals surface area contributed by atoms with Crippen LogP contribution in [0.4, 0.5) is 9.59 Å². The average molecular weight is 232 g/mol. The number of carboxylic acid groups (broad SMARTS) is 1. The fourth-order valence-electron chi connectivity index (χ4n) is 1.41. The number of hydrogen-bond donors (Lipinski definition) is 2. The molecule has 0 spiro atoms. The van der Waals surface area contributed by atoms with Crippen molar-refractivity contribution < 1.29 is 24.2 Å². The molecule has 0 aromatic heterocycles. The van der Waals surface area contributed by atoms with Gasteiger partial charge in [-0.1, -0.05) is 0 Å². The van der Waals surface area contributed by atoms with Crippen LogP contribution in [-0.2, 0) is 9.47 Å². The van der Waals surface area contributed by atoms with Gasteiger partial charge in [-0.25, -0.2) is 9.59 Å². The van der Waals surface area contributed by atoms with E-state index in [4.69, 9.17) is 14.6 Å². The second-order valence-electron chi connectivity index (χ2n) is 3.72. The van der Waals surface area contributed by atoms with E-state index in [1.165, 1.54) is 0 Å². The van der Waals surface area contributed by atoms with Crippen molar-refractivity contribution in [1.29, 1.82) is 0 Å². The second-order valence-corrected chi connectivity index (χ2v) is 3.72.